The van der Waals surface area contributed by atoms with E-state index >= 15 is 0 Å². The lowest BCUT2D eigenvalue weighted by molar-refractivity contribution is -0.116. The maximum atomic E-state index is 12.9. The average Bonchev–Trinajstić information content (AvgIpc) is 2.72. The van der Waals surface area contributed by atoms with Gasteiger partial charge in [-0.1, -0.05) is 31.7 Å². The van der Waals surface area contributed by atoms with Gasteiger partial charge in [0.15, 0.2) is 16.7 Å². The van der Waals surface area contributed by atoms with Gasteiger partial charge in [0.1, 0.15) is 5.82 Å². The summed E-state index contributed by atoms with van der Waals surface area (Å²) in [7, 11) is 3.41. The third-order valence-electron chi connectivity index (χ3n) is 4.79. The Morgan fingerprint density at radius 1 is 1.24 bits per heavy atom. The van der Waals surface area contributed by atoms with E-state index in [0.29, 0.717) is 34.6 Å². The van der Waals surface area contributed by atoms with Crippen molar-refractivity contribution in [1.29, 1.82) is 0 Å². The SMILES string of the molecule is CCCOc1ccc(C2CC(=O)Nc3c2c(=O)nc(SCCC)n3C)cc1OC. The van der Waals surface area contributed by atoms with Crippen molar-refractivity contribution in [2.75, 3.05) is 24.8 Å². The van der Waals surface area contributed by atoms with E-state index in [9.17, 15) is 9.59 Å². The summed E-state index contributed by atoms with van der Waals surface area (Å²) in [5.74, 6) is 2.10. The van der Waals surface area contributed by atoms with Gasteiger partial charge in [-0.2, -0.15) is 4.98 Å². The summed E-state index contributed by atoms with van der Waals surface area (Å²) in [6, 6.07) is 5.57. The molecule has 2 aromatic rings. The standard InChI is InChI=1S/C21H27N3O4S/c1-5-9-28-15-8-7-13(11-16(15)27-4)14-12-17(25)22-19-18(14)20(26)23-21(24(19)3)29-10-6-2/h7-8,11,14H,5-6,9-10,12H2,1-4H3,(H,22,25). The van der Waals surface area contributed by atoms with Gasteiger partial charge in [-0.05, 0) is 30.5 Å². The lowest BCUT2D eigenvalue weighted by Gasteiger charge is -2.28. The topological polar surface area (TPSA) is 82.5 Å². The maximum Gasteiger partial charge on any atom is 0.279 e. The molecule has 1 aliphatic rings. The van der Waals surface area contributed by atoms with Crippen LogP contribution in [0.2, 0.25) is 0 Å². The normalized spacial score (nSPS) is 15.6. The minimum atomic E-state index is -0.385. The number of nitrogens with zero attached hydrogens (tertiary/aromatic N) is 2. The summed E-state index contributed by atoms with van der Waals surface area (Å²) in [5, 5.41) is 3.48. The molecule has 8 heteroatoms. The van der Waals surface area contributed by atoms with Crippen LogP contribution in [0, 0.1) is 0 Å². The van der Waals surface area contributed by atoms with Crippen LogP contribution in [0.3, 0.4) is 0 Å². The number of thioether (sulfide) groups is 1. The lowest BCUT2D eigenvalue weighted by Crippen LogP contribution is -2.33. The van der Waals surface area contributed by atoms with E-state index in [0.717, 1.165) is 24.2 Å². The molecule has 7 nitrogen and oxygen atoms in total. The molecular weight excluding hydrogens is 390 g/mol. The zero-order valence-electron chi connectivity index (χ0n) is 17.3. The second-order valence-electron chi connectivity index (χ2n) is 6.93. The third kappa shape index (κ3) is 4.42. The van der Waals surface area contributed by atoms with Crippen LogP contribution in [0.1, 0.15) is 50.2 Å². The molecule has 156 valence electrons. The summed E-state index contributed by atoms with van der Waals surface area (Å²) in [5.41, 5.74) is 1.04. The van der Waals surface area contributed by atoms with Crippen LogP contribution in [-0.2, 0) is 11.8 Å². The minimum Gasteiger partial charge on any atom is -0.493 e. The number of anilines is 1. The molecule has 1 aliphatic heterocycles. The molecule has 1 aromatic heterocycles. The first-order chi connectivity index (χ1) is 14.0. The molecular formula is C21H27N3O4S. The molecule has 0 saturated heterocycles. The van der Waals surface area contributed by atoms with Crippen molar-refractivity contribution in [2.24, 2.45) is 7.05 Å². The Labute approximate surface area is 174 Å². The fourth-order valence-electron chi connectivity index (χ4n) is 3.37. The predicted molar refractivity (Wildman–Crippen MR) is 114 cm³/mol. The highest BCUT2D eigenvalue weighted by atomic mass is 32.2. The van der Waals surface area contributed by atoms with Crippen molar-refractivity contribution < 1.29 is 14.3 Å². The number of ether oxygens (including phenoxy) is 2. The largest absolute Gasteiger partial charge is 0.493 e. The number of rotatable bonds is 8. The molecule has 0 radical (unpaired) electrons. The highest BCUT2D eigenvalue weighted by Crippen LogP contribution is 2.39. The zero-order valence-corrected chi connectivity index (χ0v) is 18.1. The second kappa shape index (κ2) is 9.35. The average molecular weight is 418 g/mol. The Morgan fingerprint density at radius 3 is 2.72 bits per heavy atom. The molecule has 0 fully saturated rings. The number of fused-ring (bicyclic) bond motifs is 1. The van der Waals surface area contributed by atoms with E-state index in [1.54, 1.807) is 11.7 Å². The van der Waals surface area contributed by atoms with Crippen LogP contribution in [0.4, 0.5) is 5.82 Å². The van der Waals surface area contributed by atoms with Crippen LogP contribution < -0.4 is 20.3 Å². The van der Waals surface area contributed by atoms with Gasteiger partial charge in [-0.3, -0.25) is 9.59 Å². The van der Waals surface area contributed by atoms with E-state index in [4.69, 9.17) is 9.47 Å². The van der Waals surface area contributed by atoms with Crippen molar-refractivity contribution >= 4 is 23.5 Å². The number of carbonyl (C=O) groups excluding carboxylic acids is 1. The number of benzene rings is 1. The molecule has 0 aliphatic carbocycles. The van der Waals surface area contributed by atoms with Gasteiger partial charge < -0.3 is 19.4 Å². The van der Waals surface area contributed by atoms with Gasteiger partial charge in [0.2, 0.25) is 5.91 Å². The summed E-state index contributed by atoms with van der Waals surface area (Å²) >= 11 is 1.51. The predicted octanol–water partition coefficient (Wildman–Crippen LogP) is 3.55. The van der Waals surface area contributed by atoms with E-state index in [1.165, 1.54) is 11.8 Å². The second-order valence-corrected chi connectivity index (χ2v) is 8.00. The molecule has 2 heterocycles. The summed E-state index contributed by atoms with van der Waals surface area (Å²) in [6.07, 6.45) is 2.05. The lowest BCUT2D eigenvalue weighted by atomic mass is 9.86. The van der Waals surface area contributed by atoms with Crippen molar-refractivity contribution in [3.63, 3.8) is 0 Å². The Morgan fingerprint density at radius 2 is 2.03 bits per heavy atom. The van der Waals surface area contributed by atoms with Crippen molar-refractivity contribution in [3.05, 3.63) is 39.7 Å². The monoisotopic (exact) mass is 417 g/mol. The third-order valence-corrected chi connectivity index (χ3v) is 6.02. The molecule has 3 rings (SSSR count). The smallest absolute Gasteiger partial charge is 0.279 e. The first-order valence-electron chi connectivity index (χ1n) is 9.84. The van der Waals surface area contributed by atoms with Gasteiger partial charge in [-0.25, -0.2) is 0 Å². The van der Waals surface area contributed by atoms with E-state index in [-0.39, 0.29) is 23.8 Å². The minimum absolute atomic E-state index is 0.125. The molecule has 0 spiro atoms. The van der Waals surface area contributed by atoms with Crippen LogP contribution >= 0.6 is 11.8 Å². The highest BCUT2D eigenvalue weighted by molar-refractivity contribution is 7.99. The molecule has 1 aromatic carbocycles. The van der Waals surface area contributed by atoms with Crippen molar-refractivity contribution in [3.8, 4) is 11.5 Å². The Hall–Kier alpha value is -2.48. The van der Waals surface area contributed by atoms with Gasteiger partial charge in [0.05, 0.1) is 19.3 Å². The maximum absolute atomic E-state index is 12.9. The first kappa shape index (κ1) is 21.2. The molecule has 1 N–H and O–H groups in total. The summed E-state index contributed by atoms with van der Waals surface area (Å²) < 4.78 is 13.0. The quantitative estimate of drug-likeness (QED) is 0.522. The van der Waals surface area contributed by atoms with E-state index in [2.05, 4.69) is 17.2 Å². The molecule has 29 heavy (non-hydrogen) atoms. The fourth-order valence-corrected chi connectivity index (χ4v) is 4.19. The number of nitrogens with one attached hydrogen (secondary N) is 1. The fraction of sp³-hybridized carbons (Fsp3) is 0.476. The number of hydrogen-bond acceptors (Lipinski definition) is 6. The van der Waals surface area contributed by atoms with Gasteiger partial charge in [0.25, 0.3) is 5.56 Å². The molecule has 1 unspecified atom stereocenters. The number of amides is 1. The van der Waals surface area contributed by atoms with Crippen LogP contribution in [-0.4, -0.2) is 34.9 Å². The van der Waals surface area contributed by atoms with Gasteiger partial charge >= 0.3 is 0 Å². The Kier molecular flexibility index (Phi) is 6.84. The molecule has 1 atom stereocenters. The number of hydrogen-bond donors (Lipinski definition) is 1. The Balaban J connectivity index is 2.06. The summed E-state index contributed by atoms with van der Waals surface area (Å²) in [6.45, 7) is 4.70. The number of methoxy groups -OCH3 is 1. The first-order valence-corrected chi connectivity index (χ1v) is 10.8. The van der Waals surface area contributed by atoms with Crippen LogP contribution in [0.25, 0.3) is 0 Å². The van der Waals surface area contributed by atoms with Crippen molar-refractivity contribution in [1.82, 2.24) is 9.55 Å². The summed E-state index contributed by atoms with van der Waals surface area (Å²) in [4.78, 5) is 29.6. The molecule has 1 amide bonds. The van der Waals surface area contributed by atoms with Crippen LogP contribution in [0.5, 0.6) is 11.5 Å². The molecule has 0 saturated carbocycles. The van der Waals surface area contributed by atoms with Gasteiger partial charge in [0, 0.05) is 25.1 Å². The number of carbonyl (C=O) groups is 1. The Bertz CT molecular complexity index is 958. The van der Waals surface area contributed by atoms with E-state index < -0.39 is 0 Å². The highest BCUT2D eigenvalue weighted by Gasteiger charge is 2.32. The van der Waals surface area contributed by atoms with Crippen LogP contribution in [0.15, 0.2) is 28.2 Å². The molecule has 0 bridgehead atoms. The number of aromatic nitrogens is 2. The zero-order chi connectivity index (χ0) is 21.0. The van der Waals surface area contributed by atoms with E-state index in [1.807, 2.05) is 32.2 Å². The van der Waals surface area contributed by atoms with Gasteiger partial charge in [-0.15, -0.1) is 0 Å². The van der Waals surface area contributed by atoms with Crippen molar-refractivity contribution in [2.45, 2.75) is 44.2 Å².